The highest BCUT2D eigenvalue weighted by Crippen LogP contribution is 2.26. The maximum atomic E-state index is 13.0. The number of nitrogens with one attached hydrogen (secondary N) is 1. The topological polar surface area (TPSA) is 75.7 Å². The van der Waals surface area contributed by atoms with Crippen molar-refractivity contribution >= 4 is 21.6 Å². The highest BCUT2D eigenvalue weighted by molar-refractivity contribution is 7.92. The van der Waals surface area contributed by atoms with E-state index in [2.05, 4.69) is 5.32 Å². The van der Waals surface area contributed by atoms with Crippen molar-refractivity contribution in [2.75, 3.05) is 17.7 Å². The van der Waals surface area contributed by atoms with Crippen molar-refractivity contribution in [2.24, 2.45) is 0 Å². The number of hydrogen-bond donors (Lipinski definition) is 1. The third kappa shape index (κ3) is 5.04. The Morgan fingerprint density at radius 2 is 1.75 bits per heavy atom. The van der Waals surface area contributed by atoms with Crippen LogP contribution in [-0.4, -0.2) is 33.7 Å². The first kappa shape index (κ1) is 21.8. The number of sulfonamides is 1. The summed E-state index contributed by atoms with van der Waals surface area (Å²) in [5, 5.41) is 2.93. The molecule has 0 bridgehead atoms. The van der Waals surface area contributed by atoms with E-state index in [0.717, 1.165) is 17.4 Å². The summed E-state index contributed by atoms with van der Waals surface area (Å²) in [6.07, 6.45) is 1.46. The maximum Gasteiger partial charge on any atom is 0.244 e. The Morgan fingerprint density at radius 1 is 1.14 bits per heavy atom. The van der Waals surface area contributed by atoms with Crippen molar-refractivity contribution in [1.82, 2.24) is 5.32 Å². The number of para-hydroxylation sites is 1. The van der Waals surface area contributed by atoms with Gasteiger partial charge in [0.1, 0.15) is 11.8 Å². The van der Waals surface area contributed by atoms with Gasteiger partial charge in [0, 0.05) is 5.56 Å². The largest absolute Gasteiger partial charge is 0.496 e. The third-order valence-corrected chi connectivity index (χ3v) is 5.76. The second-order valence-electron chi connectivity index (χ2n) is 6.79. The van der Waals surface area contributed by atoms with E-state index in [-0.39, 0.29) is 11.9 Å². The summed E-state index contributed by atoms with van der Waals surface area (Å²) in [6, 6.07) is 13.3. The molecule has 0 aliphatic heterocycles. The molecule has 0 aliphatic rings. The molecule has 0 aromatic heterocycles. The van der Waals surface area contributed by atoms with Crippen LogP contribution in [0.5, 0.6) is 5.75 Å². The molecule has 0 unspecified atom stereocenters. The number of aryl methyl sites for hydroxylation is 1. The van der Waals surface area contributed by atoms with E-state index in [9.17, 15) is 13.2 Å². The molecule has 7 heteroatoms. The normalized spacial score (nSPS) is 13.5. The fourth-order valence-electron chi connectivity index (χ4n) is 3.16. The number of anilines is 1. The van der Waals surface area contributed by atoms with Crippen LogP contribution < -0.4 is 14.4 Å². The fourth-order valence-corrected chi connectivity index (χ4v) is 4.38. The Kier molecular flexibility index (Phi) is 7.07. The van der Waals surface area contributed by atoms with Gasteiger partial charge in [-0.2, -0.15) is 0 Å². The smallest absolute Gasteiger partial charge is 0.244 e. The average molecular weight is 405 g/mol. The Bertz CT molecular complexity index is 910. The van der Waals surface area contributed by atoms with Gasteiger partial charge in [-0.3, -0.25) is 9.10 Å². The second-order valence-corrected chi connectivity index (χ2v) is 8.65. The number of carbonyl (C=O) groups is 1. The average Bonchev–Trinajstić information content (AvgIpc) is 2.65. The number of amides is 1. The number of carbonyl (C=O) groups excluding carboxylic acids is 1. The van der Waals surface area contributed by atoms with Crippen LogP contribution in [0.1, 0.15) is 37.4 Å². The summed E-state index contributed by atoms with van der Waals surface area (Å²) in [5.41, 5.74) is 2.31. The van der Waals surface area contributed by atoms with Crippen molar-refractivity contribution < 1.29 is 17.9 Å². The predicted octanol–water partition coefficient (Wildman–Crippen LogP) is 3.43. The molecule has 2 aromatic rings. The second kappa shape index (κ2) is 9.10. The molecule has 0 fully saturated rings. The zero-order chi connectivity index (χ0) is 20.9. The summed E-state index contributed by atoms with van der Waals surface area (Å²) >= 11 is 0. The number of methoxy groups -OCH3 is 1. The molecule has 0 saturated carbocycles. The first-order valence-electron chi connectivity index (χ1n) is 9.18. The molecule has 28 heavy (non-hydrogen) atoms. The molecule has 2 rings (SSSR count). The van der Waals surface area contributed by atoms with Gasteiger partial charge in [-0.15, -0.1) is 0 Å². The monoisotopic (exact) mass is 404 g/mol. The van der Waals surface area contributed by atoms with Crippen LogP contribution >= 0.6 is 0 Å². The molecule has 0 radical (unpaired) electrons. The molecule has 0 heterocycles. The van der Waals surface area contributed by atoms with E-state index in [0.29, 0.717) is 17.9 Å². The fraction of sp³-hybridized carbons (Fsp3) is 0.381. The van der Waals surface area contributed by atoms with Crippen molar-refractivity contribution in [3.63, 3.8) is 0 Å². The predicted molar refractivity (Wildman–Crippen MR) is 112 cm³/mol. The summed E-state index contributed by atoms with van der Waals surface area (Å²) in [4.78, 5) is 13.0. The lowest BCUT2D eigenvalue weighted by Gasteiger charge is -2.31. The molecule has 2 aromatic carbocycles. The van der Waals surface area contributed by atoms with Crippen LogP contribution in [0.3, 0.4) is 0 Å². The van der Waals surface area contributed by atoms with Crippen LogP contribution in [0, 0.1) is 6.92 Å². The van der Waals surface area contributed by atoms with Crippen LogP contribution in [0.25, 0.3) is 0 Å². The van der Waals surface area contributed by atoms with Gasteiger partial charge >= 0.3 is 0 Å². The van der Waals surface area contributed by atoms with Gasteiger partial charge in [-0.25, -0.2) is 8.42 Å². The first-order valence-corrected chi connectivity index (χ1v) is 11.0. The van der Waals surface area contributed by atoms with Crippen LogP contribution in [-0.2, 0) is 14.8 Å². The van der Waals surface area contributed by atoms with E-state index < -0.39 is 16.1 Å². The molecular formula is C21H28N2O4S. The number of hydrogen-bond acceptors (Lipinski definition) is 4. The molecule has 2 atom stereocenters. The highest BCUT2D eigenvalue weighted by atomic mass is 32.2. The van der Waals surface area contributed by atoms with Gasteiger partial charge < -0.3 is 10.1 Å². The minimum atomic E-state index is -3.65. The first-order chi connectivity index (χ1) is 13.2. The number of nitrogens with zero attached hydrogens (tertiary/aromatic N) is 1. The van der Waals surface area contributed by atoms with Crippen LogP contribution in [0.2, 0.25) is 0 Å². The zero-order valence-corrected chi connectivity index (χ0v) is 17.8. The molecule has 0 spiro atoms. The maximum absolute atomic E-state index is 13.0. The number of benzene rings is 2. The van der Waals surface area contributed by atoms with E-state index in [1.54, 1.807) is 26.2 Å². The van der Waals surface area contributed by atoms with E-state index in [1.807, 2.05) is 50.2 Å². The van der Waals surface area contributed by atoms with E-state index in [4.69, 9.17) is 4.74 Å². The van der Waals surface area contributed by atoms with E-state index >= 15 is 0 Å². The Balaban J connectivity index is 2.32. The molecule has 152 valence electrons. The van der Waals surface area contributed by atoms with Gasteiger partial charge in [0.25, 0.3) is 0 Å². The summed E-state index contributed by atoms with van der Waals surface area (Å²) < 4.78 is 31.6. The van der Waals surface area contributed by atoms with Gasteiger partial charge in [0.15, 0.2) is 0 Å². The lowest BCUT2D eigenvalue weighted by molar-refractivity contribution is -0.122. The minimum Gasteiger partial charge on any atom is -0.496 e. The highest BCUT2D eigenvalue weighted by Gasteiger charge is 2.32. The Morgan fingerprint density at radius 3 is 2.29 bits per heavy atom. The lowest BCUT2D eigenvalue weighted by Crippen LogP contribution is -2.49. The Hall–Kier alpha value is -2.54. The third-order valence-electron chi connectivity index (χ3n) is 4.58. The standard InChI is InChI=1S/C21H28N2O4S/c1-6-19(23(28(5,25)26)17-13-11-15(2)12-14-17)21(24)22-16(3)18-9-7-8-10-20(18)27-4/h7-14,16,19H,6H2,1-5H3,(H,22,24)/t16-,19+/m0/s1. The van der Waals surface area contributed by atoms with Crippen molar-refractivity contribution in [1.29, 1.82) is 0 Å². The van der Waals surface area contributed by atoms with Gasteiger partial charge in [0.2, 0.25) is 15.9 Å². The number of rotatable bonds is 8. The van der Waals surface area contributed by atoms with Gasteiger partial charge in [-0.05, 0) is 38.5 Å². The molecule has 0 aliphatic carbocycles. The van der Waals surface area contributed by atoms with Crippen LogP contribution in [0.4, 0.5) is 5.69 Å². The SMILES string of the molecule is CC[C@H](C(=O)N[C@@H](C)c1ccccc1OC)N(c1ccc(C)cc1)S(C)(=O)=O. The van der Waals surface area contributed by atoms with Gasteiger partial charge in [-0.1, -0.05) is 42.8 Å². The molecular weight excluding hydrogens is 376 g/mol. The number of ether oxygens (including phenoxy) is 1. The summed E-state index contributed by atoms with van der Waals surface area (Å²) in [7, 11) is -2.08. The Labute approximate surface area is 167 Å². The molecule has 1 amide bonds. The quantitative estimate of drug-likeness (QED) is 0.731. The summed E-state index contributed by atoms with van der Waals surface area (Å²) in [5.74, 6) is 0.314. The van der Waals surface area contributed by atoms with Crippen LogP contribution in [0.15, 0.2) is 48.5 Å². The van der Waals surface area contributed by atoms with Crippen molar-refractivity contribution in [3.05, 3.63) is 59.7 Å². The molecule has 0 saturated heterocycles. The van der Waals surface area contributed by atoms with Gasteiger partial charge in [0.05, 0.1) is 25.1 Å². The minimum absolute atomic E-state index is 0.336. The van der Waals surface area contributed by atoms with Crippen molar-refractivity contribution in [2.45, 2.75) is 39.3 Å². The lowest BCUT2D eigenvalue weighted by atomic mass is 10.1. The van der Waals surface area contributed by atoms with E-state index in [1.165, 1.54) is 4.31 Å². The summed E-state index contributed by atoms with van der Waals surface area (Å²) in [6.45, 7) is 5.57. The zero-order valence-electron chi connectivity index (χ0n) is 17.0. The molecule has 1 N–H and O–H groups in total. The van der Waals surface area contributed by atoms with Crippen molar-refractivity contribution in [3.8, 4) is 5.75 Å². The molecule has 6 nitrogen and oxygen atoms in total.